The molecular formula is C38H56N2O. The Bertz CT molecular complexity index is 879. The van der Waals surface area contributed by atoms with E-state index in [1.165, 1.54) is 113 Å². The fourth-order valence-corrected chi connectivity index (χ4v) is 5.55. The maximum absolute atomic E-state index is 5.73. The van der Waals surface area contributed by atoms with Crippen LogP contribution in [0.2, 0.25) is 0 Å². The molecule has 0 aliphatic carbocycles. The van der Waals surface area contributed by atoms with Crippen LogP contribution in [-0.2, 0) is 4.74 Å². The summed E-state index contributed by atoms with van der Waals surface area (Å²) in [4.78, 5) is 2.25. The minimum atomic E-state index is 0.492. The van der Waals surface area contributed by atoms with Gasteiger partial charge in [-0.3, -0.25) is 0 Å². The van der Waals surface area contributed by atoms with E-state index < -0.39 is 0 Å². The zero-order valence-corrected chi connectivity index (χ0v) is 25.8. The summed E-state index contributed by atoms with van der Waals surface area (Å²) in [6, 6.07) is 31.3. The van der Waals surface area contributed by atoms with E-state index in [1.54, 1.807) is 0 Å². The van der Waals surface area contributed by atoms with Gasteiger partial charge in [-0.15, -0.1) is 0 Å². The van der Waals surface area contributed by atoms with E-state index in [-0.39, 0.29) is 0 Å². The molecule has 3 aromatic rings. The molecule has 0 amide bonds. The lowest BCUT2D eigenvalue weighted by Crippen LogP contribution is -2.38. The first-order valence-electron chi connectivity index (χ1n) is 16.7. The topological polar surface area (TPSA) is 24.5 Å². The van der Waals surface area contributed by atoms with Crippen molar-refractivity contribution in [2.45, 2.75) is 109 Å². The highest BCUT2D eigenvalue weighted by atomic mass is 16.5. The minimum absolute atomic E-state index is 0.492. The number of morpholine rings is 1. The van der Waals surface area contributed by atoms with Gasteiger partial charge in [0.2, 0.25) is 0 Å². The highest BCUT2D eigenvalue weighted by Crippen LogP contribution is 2.33. The summed E-state index contributed by atoms with van der Waals surface area (Å²) < 4.78 is 5.73. The standard InChI is InChI=1S/C20H41NO.C18H15N/c1-2-3-4-5-6-7-8-9-10-11-12-13-14-15-16-20-19-21-17-18-22-20;1-4-10-16(11-5-1)19(17-12-6-2-7-13-17)18-14-8-3-9-15-18/h20-21H,2-19H2,1H3;1-15H. The summed E-state index contributed by atoms with van der Waals surface area (Å²) in [6.07, 6.45) is 21.9. The molecule has 3 heteroatoms. The fourth-order valence-electron chi connectivity index (χ4n) is 5.55. The van der Waals surface area contributed by atoms with E-state index >= 15 is 0 Å². The third-order valence-corrected chi connectivity index (χ3v) is 7.93. The number of ether oxygens (including phenoxy) is 1. The third kappa shape index (κ3) is 14.2. The second-order valence-corrected chi connectivity index (χ2v) is 11.4. The highest BCUT2D eigenvalue weighted by molar-refractivity contribution is 5.76. The molecule has 1 unspecified atom stereocenters. The van der Waals surface area contributed by atoms with E-state index in [0.717, 1.165) is 19.7 Å². The largest absolute Gasteiger partial charge is 0.376 e. The molecule has 1 saturated heterocycles. The van der Waals surface area contributed by atoms with Crippen LogP contribution in [-0.4, -0.2) is 25.8 Å². The van der Waals surface area contributed by atoms with Gasteiger partial charge in [-0.1, -0.05) is 151 Å². The van der Waals surface area contributed by atoms with Crippen LogP contribution in [0.1, 0.15) is 103 Å². The van der Waals surface area contributed by atoms with E-state index in [2.05, 4.69) is 89.9 Å². The Morgan fingerprint density at radius 1 is 0.561 bits per heavy atom. The van der Waals surface area contributed by atoms with Crippen molar-refractivity contribution >= 4 is 17.1 Å². The normalized spacial score (nSPS) is 14.7. The molecule has 1 heterocycles. The lowest BCUT2D eigenvalue weighted by atomic mass is 10.0. The van der Waals surface area contributed by atoms with E-state index in [0.29, 0.717) is 6.10 Å². The molecule has 1 N–H and O–H groups in total. The number of unbranched alkanes of at least 4 members (excludes halogenated alkanes) is 13. The minimum Gasteiger partial charge on any atom is -0.376 e. The summed E-state index contributed by atoms with van der Waals surface area (Å²) in [7, 11) is 0. The average molecular weight is 557 g/mol. The summed E-state index contributed by atoms with van der Waals surface area (Å²) >= 11 is 0. The van der Waals surface area contributed by atoms with Crippen LogP contribution in [0.5, 0.6) is 0 Å². The number of hydrogen-bond donors (Lipinski definition) is 1. The van der Waals surface area contributed by atoms with Crippen LogP contribution in [0.4, 0.5) is 17.1 Å². The van der Waals surface area contributed by atoms with Crippen LogP contribution >= 0.6 is 0 Å². The summed E-state index contributed by atoms with van der Waals surface area (Å²) in [5, 5.41) is 3.41. The van der Waals surface area contributed by atoms with Gasteiger partial charge in [0.15, 0.2) is 0 Å². The van der Waals surface area contributed by atoms with Gasteiger partial charge in [0.05, 0.1) is 12.7 Å². The van der Waals surface area contributed by atoms with E-state index in [4.69, 9.17) is 4.74 Å². The second kappa shape index (κ2) is 22.0. The molecule has 0 bridgehead atoms. The zero-order valence-electron chi connectivity index (χ0n) is 25.8. The number of hydrogen-bond acceptors (Lipinski definition) is 3. The first-order valence-corrected chi connectivity index (χ1v) is 16.7. The van der Waals surface area contributed by atoms with Crippen LogP contribution < -0.4 is 10.2 Å². The predicted molar refractivity (Wildman–Crippen MR) is 179 cm³/mol. The molecule has 0 aromatic heterocycles. The van der Waals surface area contributed by atoms with Crippen molar-refractivity contribution in [3.05, 3.63) is 91.0 Å². The number of nitrogens with one attached hydrogen (secondary N) is 1. The summed E-state index contributed by atoms with van der Waals surface area (Å²) in [5.74, 6) is 0. The van der Waals surface area contributed by atoms with Gasteiger partial charge in [-0.25, -0.2) is 0 Å². The molecule has 1 fully saturated rings. The first-order chi connectivity index (χ1) is 20.4. The van der Waals surface area contributed by atoms with E-state index in [1.807, 2.05) is 18.2 Å². The molecule has 3 aromatic carbocycles. The van der Waals surface area contributed by atoms with Gasteiger partial charge >= 0.3 is 0 Å². The van der Waals surface area contributed by atoms with Crippen molar-refractivity contribution < 1.29 is 4.74 Å². The quantitative estimate of drug-likeness (QED) is 0.158. The first kappa shape index (κ1) is 32.9. The van der Waals surface area contributed by atoms with Gasteiger partial charge in [0.25, 0.3) is 0 Å². The Morgan fingerprint density at radius 2 is 0.951 bits per heavy atom. The molecule has 224 valence electrons. The Labute approximate surface area is 251 Å². The molecule has 1 atom stereocenters. The average Bonchev–Trinajstić information content (AvgIpc) is 3.04. The number of para-hydroxylation sites is 3. The monoisotopic (exact) mass is 556 g/mol. The van der Waals surface area contributed by atoms with Crippen molar-refractivity contribution in [2.75, 3.05) is 24.6 Å². The number of rotatable bonds is 18. The molecule has 1 aliphatic heterocycles. The Hall–Kier alpha value is -2.62. The van der Waals surface area contributed by atoms with Crippen molar-refractivity contribution in [3.63, 3.8) is 0 Å². The maximum atomic E-state index is 5.73. The van der Waals surface area contributed by atoms with Crippen molar-refractivity contribution in [1.29, 1.82) is 0 Å². The maximum Gasteiger partial charge on any atom is 0.0700 e. The molecule has 4 rings (SSSR count). The molecule has 0 spiro atoms. The molecule has 0 radical (unpaired) electrons. The molecule has 41 heavy (non-hydrogen) atoms. The predicted octanol–water partition coefficient (Wildman–Crippen LogP) is 11.0. The van der Waals surface area contributed by atoms with E-state index in [9.17, 15) is 0 Å². The van der Waals surface area contributed by atoms with Gasteiger partial charge < -0.3 is 15.0 Å². The lowest BCUT2D eigenvalue weighted by Gasteiger charge is -2.25. The molecular weight excluding hydrogens is 500 g/mol. The van der Waals surface area contributed by atoms with Gasteiger partial charge in [0, 0.05) is 30.2 Å². The van der Waals surface area contributed by atoms with Crippen LogP contribution in [0.25, 0.3) is 0 Å². The lowest BCUT2D eigenvalue weighted by molar-refractivity contribution is 0.0220. The van der Waals surface area contributed by atoms with Crippen LogP contribution in [0, 0.1) is 0 Å². The van der Waals surface area contributed by atoms with Crippen LogP contribution in [0.3, 0.4) is 0 Å². The number of benzene rings is 3. The van der Waals surface area contributed by atoms with Gasteiger partial charge in [-0.05, 0) is 42.8 Å². The summed E-state index contributed by atoms with van der Waals surface area (Å²) in [5.41, 5.74) is 3.50. The van der Waals surface area contributed by atoms with Crippen LogP contribution in [0.15, 0.2) is 91.0 Å². The van der Waals surface area contributed by atoms with Crippen molar-refractivity contribution in [1.82, 2.24) is 5.32 Å². The molecule has 0 saturated carbocycles. The summed E-state index contributed by atoms with van der Waals surface area (Å²) in [6.45, 7) is 5.30. The molecule has 3 nitrogen and oxygen atoms in total. The zero-order chi connectivity index (χ0) is 28.6. The third-order valence-electron chi connectivity index (χ3n) is 7.93. The highest BCUT2D eigenvalue weighted by Gasteiger charge is 2.12. The van der Waals surface area contributed by atoms with Gasteiger partial charge in [0.1, 0.15) is 0 Å². The van der Waals surface area contributed by atoms with Crippen molar-refractivity contribution in [2.24, 2.45) is 0 Å². The molecule has 1 aliphatic rings. The SMILES string of the molecule is CCCCCCCCCCCCCCCCC1CNCCO1.c1ccc(N(c2ccccc2)c2ccccc2)cc1. The van der Waals surface area contributed by atoms with Crippen molar-refractivity contribution in [3.8, 4) is 0 Å². The smallest absolute Gasteiger partial charge is 0.0700 e. The number of anilines is 3. The Balaban J connectivity index is 0.000000227. The Morgan fingerprint density at radius 3 is 1.32 bits per heavy atom. The van der Waals surface area contributed by atoms with Gasteiger partial charge in [-0.2, -0.15) is 0 Å². The fraction of sp³-hybridized carbons (Fsp3) is 0.526. The second-order valence-electron chi connectivity index (χ2n) is 11.4. The number of nitrogens with zero attached hydrogens (tertiary/aromatic N) is 1. The Kier molecular flexibility index (Phi) is 17.7.